The molecule has 148 valence electrons. The first-order valence-electron chi connectivity index (χ1n) is 8.62. The van der Waals surface area contributed by atoms with E-state index in [0.717, 1.165) is 21.1 Å². The standard InChI is InChI=1S/C19H24O7S/c1-10-7-13(15(27-10)8-11-3-5-12(24-2)6-4-11)25-19-18(23)17(22)16(21)14(9-20)26-19/h3-7,14,16-23H,8-9H2,1-2H3. The fourth-order valence-corrected chi connectivity index (χ4v) is 3.98. The van der Waals surface area contributed by atoms with Crippen molar-refractivity contribution in [3.05, 3.63) is 45.6 Å². The number of aryl methyl sites for hydroxylation is 1. The average Bonchev–Trinajstić information content (AvgIpc) is 3.01. The van der Waals surface area contributed by atoms with Crippen molar-refractivity contribution in [1.82, 2.24) is 0 Å². The van der Waals surface area contributed by atoms with Gasteiger partial charge in [-0.3, -0.25) is 0 Å². The molecule has 4 N–H and O–H groups in total. The summed E-state index contributed by atoms with van der Waals surface area (Å²) in [6, 6.07) is 9.53. The van der Waals surface area contributed by atoms with Crippen LogP contribution in [0.3, 0.4) is 0 Å². The minimum atomic E-state index is -1.47. The molecule has 2 heterocycles. The van der Waals surface area contributed by atoms with Gasteiger partial charge in [-0.05, 0) is 30.7 Å². The molecule has 1 aliphatic rings. The molecule has 2 aromatic rings. The van der Waals surface area contributed by atoms with Gasteiger partial charge in [-0.25, -0.2) is 0 Å². The number of thiophene rings is 1. The van der Waals surface area contributed by atoms with Crippen molar-refractivity contribution >= 4 is 11.3 Å². The quantitative estimate of drug-likeness (QED) is 0.573. The minimum Gasteiger partial charge on any atom is -0.497 e. The third-order valence-electron chi connectivity index (χ3n) is 4.51. The lowest BCUT2D eigenvalue weighted by Crippen LogP contribution is -2.60. The summed E-state index contributed by atoms with van der Waals surface area (Å²) in [4.78, 5) is 1.97. The molecule has 8 heteroatoms. The van der Waals surface area contributed by atoms with E-state index in [1.54, 1.807) is 18.4 Å². The van der Waals surface area contributed by atoms with Crippen molar-refractivity contribution < 1.29 is 34.6 Å². The zero-order valence-electron chi connectivity index (χ0n) is 15.1. The van der Waals surface area contributed by atoms with Crippen molar-refractivity contribution in [3.63, 3.8) is 0 Å². The molecule has 1 aromatic heterocycles. The highest BCUT2D eigenvalue weighted by atomic mass is 32.1. The number of aliphatic hydroxyl groups excluding tert-OH is 4. The summed E-state index contributed by atoms with van der Waals surface area (Å²) in [6.45, 7) is 1.45. The van der Waals surface area contributed by atoms with Gasteiger partial charge in [0.15, 0.2) is 0 Å². The minimum absolute atomic E-state index is 0.494. The van der Waals surface area contributed by atoms with Crippen molar-refractivity contribution in [2.24, 2.45) is 0 Å². The Balaban J connectivity index is 1.77. The Labute approximate surface area is 161 Å². The molecule has 5 atom stereocenters. The van der Waals surface area contributed by atoms with Crippen molar-refractivity contribution in [2.75, 3.05) is 13.7 Å². The number of rotatable bonds is 6. The molecule has 0 aliphatic carbocycles. The van der Waals surface area contributed by atoms with Gasteiger partial charge in [0.05, 0.1) is 18.6 Å². The Morgan fingerprint density at radius 1 is 1.07 bits per heavy atom. The van der Waals surface area contributed by atoms with E-state index in [0.29, 0.717) is 12.2 Å². The van der Waals surface area contributed by atoms with Gasteiger partial charge in [0.25, 0.3) is 0 Å². The lowest BCUT2D eigenvalue weighted by Gasteiger charge is -2.39. The van der Waals surface area contributed by atoms with Gasteiger partial charge in [-0.1, -0.05) is 12.1 Å². The Kier molecular flexibility index (Phi) is 6.36. The van der Waals surface area contributed by atoms with Gasteiger partial charge in [-0.2, -0.15) is 0 Å². The van der Waals surface area contributed by atoms with Gasteiger partial charge in [0, 0.05) is 11.3 Å². The third-order valence-corrected chi connectivity index (χ3v) is 5.54. The van der Waals surface area contributed by atoms with Crippen LogP contribution in [0, 0.1) is 6.92 Å². The van der Waals surface area contributed by atoms with E-state index in [4.69, 9.17) is 14.2 Å². The molecule has 3 rings (SSSR count). The SMILES string of the molecule is COc1ccc(Cc2sc(C)cc2OC2OC(CO)C(O)C(O)C2O)cc1. The highest BCUT2D eigenvalue weighted by Crippen LogP contribution is 2.34. The lowest BCUT2D eigenvalue weighted by molar-refractivity contribution is -0.277. The summed E-state index contributed by atoms with van der Waals surface area (Å²) >= 11 is 1.56. The number of ether oxygens (including phenoxy) is 3. The van der Waals surface area contributed by atoms with E-state index in [1.165, 1.54) is 0 Å². The number of hydrogen-bond acceptors (Lipinski definition) is 8. The molecule has 0 amide bonds. The summed E-state index contributed by atoms with van der Waals surface area (Å²) in [5, 5.41) is 39.3. The van der Waals surface area contributed by atoms with Gasteiger partial charge in [0.1, 0.15) is 35.9 Å². The smallest absolute Gasteiger partial charge is 0.229 e. The first-order chi connectivity index (χ1) is 12.9. The largest absolute Gasteiger partial charge is 0.497 e. The highest BCUT2D eigenvalue weighted by molar-refractivity contribution is 7.12. The zero-order chi connectivity index (χ0) is 19.6. The fourth-order valence-electron chi connectivity index (χ4n) is 2.98. The predicted molar refractivity (Wildman–Crippen MR) is 99.3 cm³/mol. The van der Waals surface area contributed by atoms with Crippen molar-refractivity contribution in [2.45, 2.75) is 44.1 Å². The van der Waals surface area contributed by atoms with Crippen LogP contribution in [0.1, 0.15) is 15.3 Å². The highest BCUT2D eigenvalue weighted by Gasteiger charge is 2.44. The Hall–Kier alpha value is -1.68. The maximum atomic E-state index is 10.2. The topological polar surface area (TPSA) is 109 Å². The van der Waals surface area contributed by atoms with Gasteiger partial charge in [-0.15, -0.1) is 11.3 Å². The van der Waals surface area contributed by atoms with E-state index in [-0.39, 0.29) is 0 Å². The molecular weight excluding hydrogens is 372 g/mol. The first-order valence-corrected chi connectivity index (χ1v) is 9.44. The summed E-state index contributed by atoms with van der Waals surface area (Å²) in [5.41, 5.74) is 1.07. The number of aliphatic hydroxyl groups is 4. The van der Waals surface area contributed by atoms with E-state index >= 15 is 0 Å². The summed E-state index contributed by atoms with van der Waals surface area (Å²) in [7, 11) is 1.62. The number of benzene rings is 1. The molecule has 0 bridgehead atoms. The fraction of sp³-hybridized carbons (Fsp3) is 0.474. The predicted octanol–water partition coefficient (Wildman–Crippen LogP) is 0.835. The van der Waals surface area contributed by atoms with Crippen molar-refractivity contribution in [1.29, 1.82) is 0 Å². The van der Waals surface area contributed by atoms with Crippen molar-refractivity contribution in [3.8, 4) is 11.5 Å². The molecule has 1 aromatic carbocycles. The summed E-state index contributed by atoms with van der Waals surface area (Å²) in [5.74, 6) is 1.32. The van der Waals surface area contributed by atoms with Crippen LogP contribution in [-0.2, 0) is 11.2 Å². The maximum Gasteiger partial charge on any atom is 0.229 e. The molecule has 7 nitrogen and oxygen atoms in total. The van der Waals surface area contributed by atoms with Crippen LogP contribution < -0.4 is 9.47 Å². The second-order valence-corrected chi connectivity index (χ2v) is 7.83. The first kappa shape index (κ1) is 20.1. The lowest BCUT2D eigenvalue weighted by atomic mass is 9.99. The second kappa shape index (κ2) is 8.55. The molecule has 0 spiro atoms. The van der Waals surface area contributed by atoms with Crippen LogP contribution in [0.2, 0.25) is 0 Å². The molecule has 0 saturated carbocycles. The molecule has 1 fully saturated rings. The van der Waals surface area contributed by atoms with Crippen LogP contribution >= 0.6 is 11.3 Å². The van der Waals surface area contributed by atoms with Crippen LogP contribution in [0.5, 0.6) is 11.5 Å². The van der Waals surface area contributed by atoms with Gasteiger partial charge in [0.2, 0.25) is 6.29 Å². The van der Waals surface area contributed by atoms with Crippen LogP contribution in [0.15, 0.2) is 30.3 Å². The monoisotopic (exact) mass is 396 g/mol. The zero-order valence-corrected chi connectivity index (χ0v) is 15.9. The van der Waals surface area contributed by atoms with Crippen LogP contribution in [0.4, 0.5) is 0 Å². The average molecular weight is 396 g/mol. The normalized spacial score (nSPS) is 28.1. The molecule has 27 heavy (non-hydrogen) atoms. The van der Waals surface area contributed by atoms with Gasteiger partial charge < -0.3 is 34.6 Å². The molecule has 1 aliphatic heterocycles. The number of hydrogen-bond donors (Lipinski definition) is 4. The van der Waals surface area contributed by atoms with Gasteiger partial charge >= 0.3 is 0 Å². The molecule has 5 unspecified atom stereocenters. The molecule has 0 radical (unpaired) electrons. The molecular formula is C19H24O7S. The number of methoxy groups -OCH3 is 1. The molecule has 1 saturated heterocycles. The van der Waals surface area contributed by atoms with E-state index in [2.05, 4.69) is 0 Å². The summed E-state index contributed by atoms with van der Waals surface area (Å²) < 4.78 is 16.4. The van der Waals surface area contributed by atoms with Crippen LogP contribution in [0.25, 0.3) is 0 Å². The van der Waals surface area contributed by atoms with E-state index in [9.17, 15) is 20.4 Å². The maximum absolute atomic E-state index is 10.2. The Morgan fingerprint density at radius 3 is 2.41 bits per heavy atom. The third kappa shape index (κ3) is 4.43. The van der Waals surface area contributed by atoms with E-state index in [1.807, 2.05) is 37.3 Å². The van der Waals surface area contributed by atoms with Crippen LogP contribution in [-0.4, -0.2) is 64.8 Å². The van der Waals surface area contributed by atoms with E-state index < -0.39 is 37.3 Å². The second-order valence-electron chi connectivity index (χ2n) is 6.48. The summed E-state index contributed by atoms with van der Waals surface area (Å²) in [6.07, 6.45) is -5.88. The Bertz CT molecular complexity index is 743. The Morgan fingerprint density at radius 2 is 1.78 bits per heavy atom.